The average molecular weight is 495 g/mol. The van der Waals surface area contributed by atoms with E-state index in [1.807, 2.05) is 24.3 Å². The van der Waals surface area contributed by atoms with E-state index >= 15 is 0 Å². The number of anilines is 2. The van der Waals surface area contributed by atoms with Crippen molar-refractivity contribution in [1.29, 1.82) is 0 Å². The van der Waals surface area contributed by atoms with Gasteiger partial charge in [-0.25, -0.2) is 4.79 Å². The highest BCUT2D eigenvalue weighted by Gasteiger charge is 2.27. The van der Waals surface area contributed by atoms with E-state index in [1.165, 1.54) is 24.3 Å². The Hall–Kier alpha value is -4.04. The van der Waals surface area contributed by atoms with Gasteiger partial charge in [-0.2, -0.15) is 0 Å². The Morgan fingerprint density at radius 2 is 1.89 bits per heavy atom. The predicted octanol–water partition coefficient (Wildman–Crippen LogP) is 4.85. The van der Waals surface area contributed by atoms with Crippen molar-refractivity contribution in [3.8, 4) is 17.2 Å². The van der Waals surface area contributed by atoms with E-state index in [2.05, 4.69) is 10.1 Å². The Balaban J connectivity index is 1.55. The highest BCUT2D eigenvalue weighted by molar-refractivity contribution is 6.38. The third-order valence-corrected chi connectivity index (χ3v) is 6.09. The number of rotatable bonds is 5. The molecule has 35 heavy (non-hydrogen) atoms. The molecule has 2 N–H and O–H groups in total. The first-order valence-electron chi connectivity index (χ1n) is 11.0. The average Bonchev–Trinajstić information content (AvgIpc) is 3.28. The molecule has 0 saturated heterocycles. The van der Waals surface area contributed by atoms with Crippen molar-refractivity contribution in [3.05, 3.63) is 76.3 Å². The minimum absolute atomic E-state index is 0.0835. The highest BCUT2D eigenvalue weighted by atomic mass is 35.5. The van der Waals surface area contributed by atoms with Crippen LogP contribution in [-0.2, 0) is 20.7 Å². The summed E-state index contributed by atoms with van der Waals surface area (Å²) in [6.07, 6.45) is 0.743. The van der Waals surface area contributed by atoms with Crippen molar-refractivity contribution < 1.29 is 29.0 Å². The van der Waals surface area contributed by atoms with Crippen LogP contribution in [-0.4, -0.2) is 36.0 Å². The third-order valence-electron chi connectivity index (χ3n) is 5.62. The molecule has 0 spiro atoms. The summed E-state index contributed by atoms with van der Waals surface area (Å²) in [6, 6.07) is 15.1. The maximum absolute atomic E-state index is 13.2. The number of hydrogen-bond donors (Lipinski definition) is 2. The van der Waals surface area contributed by atoms with Gasteiger partial charge in [0, 0.05) is 17.9 Å². The number of para-hydroxylation sites is 1. The molecule has 0 fully saturated rings. The Morgan fingerprint density at radius 1 is 1.11 bits per heavy atom. The Labute approximate surface area is 207 Å². The number of fused-ring (bicyclic) bond motifs is 1. The van der Waals surface area contributed by atoms with Crippen molar-refractivity contribution in [2.75, 3.05) is 23.4 Å². The molecular weight excluding hydrogens is 472 g/mol. The van der Waals surface area contributed by atoms with Crippen molar-refractivity contribution in [1.82, 2.24) is 0 Å². The molecule has 3 aromatic rings. The monoisotopic (exact) mass is 494 g/mol. The number of phenols is 1. The van der Waals surface area contributed by atoms with Gasteiger partial charge in [-0.3, -0.25) is 9.59 Å². The second-order valence-corrected chi connectivity index (χ2v) is 8.22. The van der Waals surface area contributed by atoms with E-state index in [1.54, 1.807) is 24.8 Å². The predicted molar refractivity (Wildman–Crippen MR) is 131 cm³/mol. The van der Waals surface area contributed by atoms with Crippen molar-refractivity contribution in [2.24, 2.45) is 0 Å². The molecule has 0 bridgehead atoms. The molecule has 0 unspecified atom stereocenters. The summed E-state index contributed by atoms with van der Waals surface area (Å²) in [6.45, 7) is 3.87. The number of aromatic hydroxyl groups is 1. The van der Waals surface area contributed by atoms with Crippen LogP contribution >= 0.6 is 11.6 Å². The van der Waals surface area contributed by atoms with E-state index in [0.717, 1.165) is 17.7 Å². The summed E-state index contributed by atoms with van der Waals surface area (Å²) in [4.78, 5) is 38.4. The van der Waals surface area contributed by atoms with Gasteiger partial charge in [0.25, 0.3) is 5.91 Å². The van der Waals surface area contributed by atoms with Crippen LogP contribution in [0.5, 0.6) is 17.2 Å². The first-order valence-corrected chi connectivity index (χ1v) is 11.4. The van der Waals surface area contributed by atoms with Gasteiger partial charge in [0.1, 0.15) is 17.2 Å². The second-order valence-electron chi connectivity index (χ2n) is 7.84. The number of carbonyl (C=O) groups excluding carboxylic acids is 3. The molecule has 0 aromatic heterocycles. The zero-order valence-electron chi connectivity index (χ0n) is 19.1. The van der Waals surface area contributed by atoms with Gasteiger partial charge in [-0.05, 0) is 67.8 Å². The normalized spacial score (nSPS) is 12.1. The number of halogens is 1. The van der Waals surface area contributed by atoms with Gasteiger partial charge in [-0.1, -0.05) is 29.8 Å². The highest BCUT2D eigenvalue weighted by Crippen LogP contribution is 2.37. The number of benzene rings is 3. The number of amides is 2. The molecule has 0 atom stereocenters. The molecule has 9 heteroatoms. The molecule has 2 amide bonds. The maximum Gasteiger partial charge on any atom is 0.397 e. The number of nitrogens with one attached hydrogen (secondary N) is 1. The minimum Gasteiger partial charge on any atom is -0.507 e. The SMILES string of the molecule is CCOC(=O)C(=O)Nc1ccc(Oc2ccc(O)c(C(=O)N3CCc4ccccc43)c2)c(Cl)c1C. The molecule has 1 heterocycles. The molecule has 8 nitrogen and oxygen atoms in total. The van der Waals surface area contributed by atoms with Gasteiger partial charge in [-0.15, -0.1) is 0 Å². The molecule has 180 valence electrons. The van der Waals surface area contributed by atoms with Gasteiger partial charge in [0.2, 0.25) is 0 Å². The number of nitrogens with zero attached hydrogens (tertiary/aromatic N) is 1. The fourth-order valence-electron chi connectivity index (χ4n) is 3.82. The van der Waals surface area contributed by atoms with Crippen molar-refractivity contribution in [2.45, 2.75) is 20.3 Å². The Bertz CT molecular complexity index is 1320. The molecular formula is C26H23ClN2O6. The van der Waals surface area contributed by atoms with E-state index in [-0.39, 0.29) is 34.6 Å². The van der Waals surface area contributed by atoms with Crippen molar-refractivity contribution in [3.63, 3.8) is 0 Å². The molecule has 1 aliphatic rings. The smallest absolute Gasteiger partial charge is 0.397 e. The Morgan fingerprint density at radius 3 is 2.66 bits per heavy atom. The van der Waals surface area contributed by atoms with Crippen LogP contribution in [0.3, 0.4) is 0 Å². The minimum atomic E-state index is -0.995. The quantitative estimate of drug-likeness (QED) is 0.388. The fourth-order valence-corrected chi connectivity index (χ4v) is 4.02. The van der Waals surface area contributed by atoms with Crippen LogP contribution in [0.25, 0.3) is 0 Å². The van der Waals surface area contributed by atoms with Crippen LogP contribution in [0, 0.1) is 6.92 Å². The topological polar surface area (TPSA) is 105 Å². The maximum atomic E-state index is 13.2. The van der Waals surface area contributed by atoms with Crippen LogP contribution < -0.4 is 15.0 Å². The lowest BCUT2D eigenvalue weighted by Crippen LogP contribution is -2.28. The molecule has 1 aliphatic heterocycles. The van der Waals surface area contributed by atoms with E-state index in [4.69, 9.17) is 16.3 Å². The van der Waals surface area contributed by atoms with E-state index in [9.17, 15) is 19.5 Å². The van der Waals surface area contributed by atoms with Crippen LogP contribution in [0.15, 0.2) is 54.6 Å². The summed E-state index contributed by atoms with van der Waals surface area (Å²) >= 11 is 6.45. The number of phenolic OH excluding ortho intramolecular Hbond substituents is 1. The zero-order valence-corrected chi connectivity index (χ0v) is 19.9. The molecule has 0 aliphatic carbocycles. The molecule has 0 radical (unpaired) electrons. The van der Waals surface area contributed by atoms with Crippen molar-refractivity contribution >= 4 is 40.8 Å². The zero-order chi connectivity index (χ0) is 25.1. The lowest BCUT2D eigenvalue weighted by atomic mass is 10.1. The first kappa shape index (κ1) is 24.1. The van der Waals surface area contributed by atoms with Crippen LogP contribution in [0.1, 0.15) is 28.4 Å². The van der Waals surface area contributed by atoms with Crippen LogP contribution in [0.2, 0.25) is 5.02 Å². The molecule has 4 rings (SSSR count). The molecule has 0 saturated carbocycles. The van der Waals surface area contributed by atoms with Gasteiger partial charge in [0.05, 0.1) is 17.2 Å². The van der Waals surface area contributed by atoms with Gasteiger partial charge in [0.15, 0.2) is 0 Å². The number of esters is 1. The fraction of sp³-hybridized carbons (Fsp3) is 0.192. The summed E-state index contributed by atoms with van der Waals surface area (Å²) in [5.74, 6) is -1.84. The summed E-state index contributed by atoms with van der Waals surface area (Å²) < 4.78 is 10.6. The number of carbonyl (C=O) groups is 3. The Kier molecular flexibility index (Phi) is 6.93. The number of ether oxygens (including phenoxy) is 2. The van der Waals surface area contributed by atoms with Gasteiger partial charge >= 0.3 is 11.9 Å². The number of hydrogen-bond acceptors (Lipinski definition) is 6. The van der Waals surface area contributed by atoms with E-state index < -0.39 is 11.9 Å². The third kappa shape index (κ3) is 4.93. The lowest BCUT2D eigenvalue weighted by Gasteiger charge is -2.19. The summed E-state index contributed by atoms with van der Waals surface area (Å²) in [7, 11) is 0. The largest absolute Gasteiger partial charge is 0.507 e. The molecule has 3 aromatic carbocycles. The summed E-state index contributed by atoms with van der Waals surface area (Å²) in [5, 5.41) is 13.0. The first-order chi connectivity index (χ1) is 16.8. The standard InChI is InChI=1S/C26H23ClN2O6/c1-3-34-26(33)24(31)28-19-9-11-22(23(27)15(19)2)35-17-8-10-21(30)18(14-17)25(32)29-13-12-16-6-4-5-7-20(16)29/h4-11,14,30H,3,12-13H2,1-2H3,(H,28,31). The van der Waals surface area contributed by atoms with Gasteiger partial charge < -0.3 is 24.8 Å². The van der Waals surface area contributed by atoms with E-state index in [0.29, 0.717) is 23.5 Å². The second kappa shape index (κ2) is 10.1. The summed E-state index contributed by atoms with van der Waals surface area (Å²) in [5.41, 5.74) is 2.80. The lowest BCUT2D eigenvalue weighted by molar-refractivity contribution is -0.152. The van der Waals surface area contributed by atoms with Crippen LogP contribution in [0.4, 0.5) is 11.4 Å².